The van der Waals surface area contributed by atoms with Crippen LogP contribution in [0.15, 0.2) is 57.1 Å². The van der Waals surface area contributed by atoms with Crippen molar-refractivity contribution >= 4 is 52.3 Å². The van der Waals surface area contributed by atoms with Gasteiger partial charge < -0.3 is 15.4 Å². The molecule has 10 nitrogen and oxygen atoms in total. The van der Waals surface area contributed by atoms with E-state index in [4.69, 9.17) is 4.74 Å². The van der Waals surface area contributed by atoms with E-state index in [0.29, 0.717) is 20.5 Å². The van der Waals surface area contributed by atoms with Crippen molar-refractivity contribution in [3.05, 3.63) is 74.8 Å². The first kappa shape index (κ1) is 23.9. The molecule has 2 amide bonds. The minimum absolute atomic E-state index is 0.0449. The van der Waals surface area contributed by atoms with Gasteiger partial charge in [-0.2, -0.15) is 0 Å². The summed E-state index contributed by atoms with van der Waals surface area (Å²) in [5.74, 6) is -1.83. The van der Waals surface area contributed by atoms with Crippen LogP contribution in [-0.4, -0.2) is 41.3 Å². The van der Waals surface area contributed by atoms with E-state index >= 15 is 0 Å². The molecule has 0 aliphatic heterocycles. The Balaban J connectivity index is 1.71. The third kappa shape index (κ3) is 6.37. The summed E-state index contributed by atoms with van der Waals surface area (Å²) in [6, 6.07) is 10.1. The Morgan fingerprint density at radius 1 is 1.21 bits per heavy atom. The molecule has 0 fully saturated rings. The van der Waals surface area contributed by atoms with Crippen molar-refractivity contribution in [2.75, 3.05) is 19.0 Å². The number of non-ortho nitro benzene ring substituents is 1. The lowest BCUT2D eigenvalue weighted by Gasteiger charge is -2.10. The molecular formula is C21H18N4O6S2. The number of nitro groups is 1. The first-order chi connectivity index (χ1) is 15.8. The number of nitro benzene ring substituents is 1. The number of carbonyl (C=O) groups is 3. The number of ether oxygens (including phenoxy) is 1. The summed E-state index contributed by atoms with van der Waals surface area (Å²) in [6.45, 7) is 1.21. The van der Waals surface area contributed by atoms with E-state index in [0.717, 1.165) is 11.8 Å². The maximum absolute atomic E-state index is 12.7. The number of thiazole rings is 1. The van der Waals surface area contributed by atoms with Crippen LogP contribution in [0.5, 0.6) is 0 Å². The molecule has 0 saturated heterocycles. The average Bonchev–Trinajstić information content (AvgIpc) is 3.21. The second-order valence-electron chi connectivity index (χ2n) is 6.58. The quantitative estimate of drug-likeness (QED) is 0.279. The Hall–Kier alpha value is -3.77. The number of hydrogen-bond donors (Lipinski definition) is 2. The van der Waals surface area contributed by atoms with Crippen molar-refractivity contribution < 1.29 is 24.0 Å². The first-order valence-corrected chi connectivity index (χ1v) is 11.1. The Morgan fingerprint density at radius 2 is 2.00 bits per heavy atom. The van der Waals surface area contributed by atoms with Gasteiger partial charge in [-0.15, -0.1) is 11.3 Å². The number of amides is 2. The number of nitrogens with one attached hydrogen (secondary N) is 2. The average molecular weight is 487 g/mol. The molecular weight excluding hydrogens is 468 g/mol. The Morgan fingerprint density at radius 3 is 2.67 bits per heavy atom. The number of nitrogens with zero attached hydrogens (tertiary/aromatic N) is 2. The molecule has 0 atom stereocenters. The standard InChI is InChI=1S/C21H18N4O6S2/c1-12-11-32-21(23-12)33-17-7-6-15(25(29)30)9-16(17)20(28)31-10-18(26)24-14-5-3-4-13(8-14)19(27)22-2/h3-9,11H,10H2,1-2H3,(H,22,27)(H,24,26). The molecule has 170 valence electrons. The van der Waals surface area contributed by atoms with Crippen molar-refractivity contribution in [1.29, 1.82) is 0 Å². The van der Waals surface area contributed by atoms with Crippen LogP contribution in [0.25, 0.3) is 0 Å². The Bertz CT molecular complexity index is 1230. The van der Waals surface area contributed by atoms with Crippen molar-refractivity contribution in [2.45, 2.75) is 16.2 Å². The van der Waals surface area contributed by atoms with Gasteiger partial charge in [-0.25, -0.2) is 9.78 Å². The summed E-state index contributed by atoms with van der Waals surface area (Å²) in [4.78, 5) is 51.9. The van der Waals surface area contributed by atoms with Gasteiger partial charge in [0.1, 0.15) is 0 Å². The molecule has 3 rings (SSSR count). The van der Waals surface area contributed by atoms with Crippen molar-refractivity contribution in [3.8, 4) is 0 Å². The molecule has 33 heavy (non-hydrogen) atoms. The van der Waals surface area contributed by atoms with Crippen LogP contribution >= 0.6 is 23.1 Å². The lowest BCUT2D eigenvalue weighted by Crippen LogP contribution is -2.22. The van der Waals surface area contributed by atoms with Crippen molar-refractivity contribution in [2.24, 2.45) is 0 Å². The molecule has 0 aliphatic carbocycles. The minimum Gasteiger partial charge on any atom is -0.452 e. The molecule has 1 aromatic heterocycles. The Kier molecular flexibility index (Phi) is 7.74. The van der Waals surface area contributed by atoms with Crippen molar-refractivity contribution in [3.63, 3.8) is 0 Å². The van der Waals surface area contributed by atoms with Crippen LogP contribution in [-0.2, 0) is 9.53 Å². The fourth-order valence-electron chi connectivity index (χ4n) is 2.64. The van der Waals surface area contributed by atoms with E-state index in [9.17, 15) is 24.5 Å². The number of aryl methyl sites for hydroxylation is 1. The van der Waals surface area contributed by atoms with Gasteiger partial charge in [0, 0.05) is 46.4 Å². The first-order valence-electron chi connectivity index (χ1n) is 9.44. The van der Waals surface area contributed by atoms with E-state index in [1.165, 1.54) is 48.3 Å². The number of hydrogen-bond acceptors (Lipinski definition) is 9. The zero-order chi connectivity index (χ0) is 24.0. The molecule has 0 bridgehead atoms. The molecule has 12 heteroatoms. The highest BCUT2D eigenvalue weighted by Crippen LogP contribution is 2.34. The fourth-order valence-corrected chi connectivity index (χ4v) is 4.53. The number of rotatable bonds is 8. The predicted octanol–water partition coefficient (Wildman–Crippen LogP) is 3.67. The Labute approximate surface area is 196 Å². The van der Waals surface area contributed by atoms with Gasteiger partial charge in [-0.3, -0.25) is 19.7 Å². The van der Waals surface area contributed by atoms with E-state index in [1.54, 1.807) is 18.2 Å². The molecule has 0 spiro atoms. The van der Waals surface area contributed by atoms with Gasteiger partial charge in [0.15, 0.2) is 10.9 Å². The highest BCUT2D eigenvalue weighted by molar-refractivity contribution is 8.01. The van der Waals surface area contributed by atoms with Gasteiger partial charge in [-0.1, -0.05) is 17.8 Å². The second-order valence-corrected chi connectivity index (χ2v) is 8.73. The summed E-state index contributed by atoms with van der Waals surface area (Å²) >= 11 is 2.55. The topological polar surface area (TPSA) is 141 Å². The lowest BCUT2D eigenvalue weighted by molar-refractivity contribution is -0.384. The highest BCUT2D eigenvalue weighted by atomic mass is 32.2. The van der Waals surface area contributed by atoms with Gasteiger partial charge in [-0.05, 0) is 31.2 Å². The smallest absolute Gasteiger partial charge is 0.340 e. The van der Waals surface area contributed by atoms with Gasteiger partial charge >= 0.3 is 5.97 Å². The van der Waals surface area contributed by atoms with E-state index in [-0.39, 0.29) is 17.2 Å². The molecule has 3 aromatic rings. The third-order valence-electron chi connectivity index (χ3n) is 4.16. The van der Waals surface area contributed by atoms with Gasteiger partial charge in [0.25, 0.3) is 17.5 Å². The largest absolute Gasteiger partial charge is 0.452 e. The normalized spacial score (nSPS) is 10.4. The molecule has 1 heterocycles. The second kappa shape index (κ2) is 10.7. The monoisotopic (exact) mass is 486 g/mol. The number of esters is 1. The maximum Gasteiger partial charge on any atom is 0.340 e. The third-order valence-corrected chi connectivity index (χ3v) is 6.29. The summed E-state index contributed by atoms with van der Waals surface area (Å²) in [5.41, 5.74) is 1.19. The van der Waals surface area contributed by atoms with E-state index in [1.807, 2.05) is 12.3 Å². The molecule has 0 saturated carbocycles. The SMILES string of the molecule is CNC(=O)c1cccc(NC(=O)COC(=O)c2cc([N+](=O)[O-])ccc2Sc2nc(C)cs2)c1. The molecule has 0 radical (unpaired) electrons. The zero-order valence-electron chi connectivity index (χ0n) is 17.5. The van der Waals surface area contributed by atoms with Crippen LogP contribution < -0.4 is 10.6 Å². The molecule has 2 aromatic carbocycles. The number of carbonyl (C=O) groups excluding carboxylic acids is 3. The molecule has 0 aliphatic rings. The van der Waals surface area contributed by atoms with Crippen LogP contribution in [0.1, 0.15) is 26.4 Å². The lowest BCUT2D eigenvalue weighted by atomic mass is 10.2. The van der Waals surface area contributed by atoms with Crippen LogP contribution in [0.4, 0.5) is 11.4 Å². The van der Waals surface area contributed by atoms with E-state index < -0.39 is 23.4 Å². The summed E-state index contributed by atoms with van der Waals surface area (Å²) < 4.78 is 5.75. The predicted molar refractivity (Wildman–Crippen MR) is 123 cm³/mol. The fraction of sp³-hybridized carbons (Fsp3) is 0.143. The van der Waals surface area contributed by atoms with Crippen LogP contribution in [0.3, 0.4) is 0 Å². The van der Waals surface area contributed by atoms with Gasteiger partial charge in [0.05, 0.1) is 10.5 Å². The zero-order valence-corrected chi connectivity index (χ0v) is 19.1. The number of benzene rings is 2. The van der Waals surface area contributed by atoms with Gasteiger partial charge in [0.2, 0.25) is 0 Å². The minimum atomic E-state index is -0.885. The number of anilines is 1. The molecule has 2 N–H and O–H groups in total. The molecule has 0 unspecified atom stereocenters. The summed E-state index contributed by atoms with van der Waals surface area (Å²) in [6.07, 6.45) is 0. The van der Waals surface area contributed by atoms with Crippen LogP contribution in [0, 0.1) is 17.0 Å². The van der Waals surface area contributed by atoms with Crippen molar-refractivity contribution in [1.82, 2.24) is 10.3 Å². The van der Waals surface area contributed by atoms with Crippen LogP contribution in [0.2, 0.25) is 0 Å². The summed E-state index contributed by atoms with van der Waals surface area (Å²) in [5, 5.41) is 18.0. The highest BCUT2D eigenvalue weighted by Gasteiger charge is 2.20. The number of aromatic nitrogens is 1. The van der Waals surface area contributed by atoms with E-state index in [2.05, 4.69) is 15.6 Å². The maximum atomic E-state index is 12.7. The summed E-state index contributed by atoms with van der Waals surface area (Å²) in [7, 11) is 1.49.